The summed E-state index contributed by atoms with van der Waals surface area (Å²) in [6, 6.07) is 4.30. The minimum absolute atomic E-state index is 0.0412. The summed E-state index contributed by atoms with van der Waals surface area (Å²) in [7, 11) is -7.10. The van der Waals surface area contributed by atoms with E-state index in [9.17, 15) is 16.8 Å². The third kappa shape index (κ3) is 3.88. The van der Waals surface area contributed by atoms with Gasteiger partial charge in [0, 0.05) is 19.3 Å². The van der Waals surface area contributed by atoms with Gasteiger partial charge in [0.25, 0.3) is 0 Å². The molecule has 0 spiro atoms. The molecule has 2 rings (SSSR count). The molecule has 5 nitrogen and oxygen atoms in total. The number of hydrogen-bond acceptors (Lipinski definition) is 4. The van der Waals surface area contributed by atoms with Crippen molar-refractivity contribution >= 4 is 19.9 Å². The third-order valence-electron chi connectivity index (χ3n) is 3.84. The van der Waals surface area contributed by atoms with E-state index in [4.69, 9.17) is 0 Å². The van der Waals surface area contributed by atoms with Gasteiger partial charge in [0.1, 0.15) is 0 Å². The van der Waals surface area contributed by atoms with Crippen LogP contribution in [-0.2, 0) is 19.9 Å². The lowest BCUT2D eigenvalue weighted by Crippen LogP contribution is -2.34. The van der Waals surface area contributed by atoms with Gasteiger partial charge in [0.05, 0.1) is 9.79 Å². The second-order valence-corrected chi connectivity index (χ2v) is 9.93. The van der Waals surface area contributed by atoms with Crippen molar-refractivity contribution < 1.29 is 16.8 Å². The van der Waals surface area contributed by atoms with E-state index in [1.807, 2.05) is 6.92 Å². The van der Waals surface area contributed by atoms with E-state index >= 15 is 0 Å². The average Bonchev–Trinajstić information content (AvgIpc) is 3.21. The monoisotopic (exact) mass is 345 g/mol. The van der Waals surface area contributed by atoms with Crippen LogP contribution in [0, 0.1) is 12.8 Å². The highest BCUT2D eigenvalue weighted by molar-refractivity contribution is 7.91. The summed E-state index contributed by atoms with van der Waals surface area (Å²) in [6.45, 7) is 4.62. The molecule has 1 fully saturated rings. The van der Waals surface area contributed by atoms with E-state index in [-0.39, 0.29) is 9.79 Å². The molecule has 0 aliphatic heterocycles. The van der Waals surface area contributed by atoms with E-state index in [2.05, 4.69) is 0 Å². The van der Waals surface area contributed by atoms with Gasteiger partial charge in [-0.05, 0) is 49.8 Å². The van der Waals surface area contributed by atoms with Gasteiger partial charge in [-0.3, -0.25) is 0 Å². The van der Waals surface area contributed by atoms with Gasteiger partial charge < -0.3 is 0 Å². The molecular formula is C15H23NO4S2. The maximum absolute atomic E-state index is 12.9. The van der Waals surface area contributed by atoms with Crippen LogP contribution in [0.1, 0.15) is 31.7 Å². The summed E-state index contributed by atoms with van der Waals surface area (Å²) < 4.78 is 50.7. The fraction of sp³-hybridized carbons (Fsp3) is 0.600. The van der Waals surface area contributed by atoms with Crippen molar-refractivity contribution in [1.29, 1.82) is 0 Å². The second-order valence-electron chi connectivity index (χ2n) is 6.01. The first-order chi connectivity index (χ1) is 10.2. The van der Waals surface area contributed by atoms with Gasteiger partial charge in [-0.1, -0.05) is 13.0 Å². The Labute approximate surface area is 133 Å². The highest BCUT2D eigenvalue weighted by Crippen LogP contribution is 2.32. The number of sulfone groups is 1. The summed E-state index contributed by atoms with van der Waals surface area (Å²) in [6.07, 6.45) is 3.95. The molecule has 0 amide bonds. The van der Waals surface area contributed by atoms with Crippen molar-refractivity contribution in [1.82, 2.24) is 4.31 Å². The molecule has 0 atom stereocenters. The summed E-state index contributed by atoms with van der Waals surface area (Å²) in [5.74, 6) is 0.444. The van der Waals surface area contributed by atoms with Crippen LogP contribution < -0.4 is 0 Å². The molecule has 1 saturated carbocycles. The molecule has 1 aromatic rings. The van der Waals surface area contributed by atoms with Crippen LogP contribution in [0.25, 0.3) is 0 Å². The molecule has 0 bridgehead atoms. The van der Waals surface area contributed by atoms with Crippen molar-refractivity contribution in [3.8, 4) is 0 Å². The Balaban J connectivity index is 2.46. The first-order valence-electron chi connectivity index (χ1n) is 7.47. The number of rotatable bonds is 7. The number of nitrogens with zero attached hydrogens (tertiary/aromatic N) is 1. The van der Waals surface area contributed by atoms with Crippen LogP contribution in [0.15, 0.2) is 28.0 Å². The zero-order valence-electron chi connectivity index (χ0n) is 13.2. The highest BCUT2D eigenvalue weighted by Gasteiger charge is 2.32. The van der Waals surface area contributed by atoms with Crippen molar-refractivity contribution in [3.05, 3.63) is 23.8 Å². The van der Waals surface area contributed by atoms with Crippen LogP contribution in [-0.4, -0.2) is 40.5 Å². The van der Waals surface area contributed by atoms with Gasteiger partial charge in [0.15, 0.2) is 9.84 Å². The Morgan fingerprint density at radius 2 is 1.82 bits per heavy atom. The van der Waals surface area contributed by atoms with Gasteiger partial charge in [-0.15, -0.1) is 0 Å². The molecule has 0 aromatic heterocycles. The quantitative estimate of drug-likeness (QED) is 0.759. The Bertz CT molecular complexity index is 750. The third-order valence-corrected chi connectivity index (χ3v) is 6.95. The van der Waals surface area contributed by atoms with Gasteiger partial charge in [0.2, 0.25) is 10.0 Å². The van der Waals surface area contributed by atoms with Crippen LogP contribution in [0.2, 0.25) is 0 Å². The lowest BCUT2D eigenvalue weighted by molar-refractivity contribution is 0.395. The maximum Gasteiger partial charge on any atom is 0.243 e. The number of sulfonamides is 1. The van der Waals surface area contributed by atoms with Crippen LogP contribution in [0.4, 0.5) is 0 Å². The topological polar surface area (TPSA) is 71.5 Å². The van der Waals surface area contributed by atoms with Crippen molar-refractivity contribution in [3.63, 3.8) is 0 Å². The van der Waals surface area contributed by atoms with Gasteiger partial charge in [-0.2, -0.15) is 4.31 Å². The first kappa shape index (κ1) is 17.4. The molecule has 0 heterocycles. The van der Waals surface area contributed by atoms with E-state index in [1.54, 1.807) is 13.0 Å². The molecule has 22 heavy (non-hydrogen) atoms. The van der Waals surface area contributed by atoms with Crippen LogP contribution in [0.3, 0.4) is 0 Å². The SMILES string of the molecule is CCCN(CC1CC1)S(=O)(=O)c1cc(S(C)(=O)=O)ccc1C. The fourth-order valence-electron chi connectivity index (χ4n) is 2.38. The normalized spacial score (nSPS) is 16.2. The predicted molar refractivity (Wildman–Crippen MR) is 86.1 cm³/mol. The van der Waals surface area contributed by atoms with E-state index in [1.165, 1.54) is 16.4 Å². The maximum atomic E-state index is 12.9. The Morgan fingerprint density at radius 3 is 2.32 bits per heavy atom. The second kappa shape index (κ2) is 6.29. The van der Waals surface area contributed by atoms with E-state index < -0.39 is 19.9 Å². The molecule has 0 radical (unpaired) electrons. The van der Waals surface area contributed by atoms with Crippen molar-refractivity contribution in [2.24, 2.45) is 5.92 Å². The minimum atomic E-state index is -3.66. The predicted octanol–water partition coefficient (Wildman–Crippen LogP) is 2.21. The lowest BCUT2D eigenvalue weighted by atomic mass is 10.2. The number of aryl methyl sites for hydroxylation is 1. The zero-order valence-corrected chi connectivity index (χ0v) is 14.9. The van der Waals surface area contributed by atoms with Crippen molar-refractivity contribution in [2.75, 3.05) is 19.3 Å². The smallest absolute Gasteiger partial charge is 0.224 e. The standard InChI is InChI=1S/C15H23NO4S2/c1-4-9-16(11-13-6-7-13)22(19,20)15-10-14(21(3,17)18)8-5-12(15)2/h5,8,10,13H,4,6-7,9,11H2,1-3H3. The summed E-state index contributed by atoms with van der Waals surface area (Å²) >= 11 is 0. The van der Waals surface area contributed by atoms with Crippen LogP contribution >= 0.6 is 0 Å². The van der Waals surface area contributed by atoms with Crippen LogP contribution in [0.5, 0.6) is 0 Å². The molecule has 0 saturated heterocycles. The van der Waals surface area contributed by atoms with E-state index in [0.717, 1.165) is 25.5 Å². The fourth-order valence-corrected chi connectivity index (χ4v) is 4.96. The molecule has 1 aliphatic rings. The van der Waals surface area contributed by atoms with E-state index in [0.29, 0.717) is 24.6 Å². The zero-order chi connectivity index (χ0) is 16.5. The summed E-state index contributed by atoms with van der Waals surface area (Å²) in [5.41, 5.74) is 0.573. The largest absolute Gasteiger partial charge is 0.243 e. The lowest BCUT2D eigenvalue weighted by Gasteiger charge is -2.22. The molecule has 0 unspecified atom stereocenters. The number of benzene rings is 1. The Kier molecular flexibility index (Phi) is 4.99. The summed E-state index contributed by atoms with van der Waals surface area (Å²) in [4.78, 5) is 0.143. The highest BCUT2D eigenvalue weighted by atomic mass is 32.2. The number of hydrogen-bond donors (Lipinski definition) is 0. The molecule has 1 aliphatic carbocycles. The molecular weight excluding hydrogens is 322 g/mol. The minimum Gasteiger partial charge on any atom is -0.224 e. The average molecular weight is 345 g/mol. The van der Waals surface area contributed by atoms with Gasteiger partial charge in [-0.25, -0.2) is 16.8 Å². The first-order valence-corrected chi connectivity index (χ1v) is 10.8. The Hall–Kier alpha value is -0.920. The molecule has 0 N–H and O–H groups in total. The summed E-state index contributed by atoms with van der Waals surface area (Å²) in [5, 5.41) is 0. The van der Waals surface area contributed by atoms with Crippen molar-refractivity contribution in [2.45, 2.75) is 42.9 Å². The van der Waals surface area contributed by atoms with Gasteiger partial charge >= 0.3 is 0 Å². The molecule has 1 aromatic carbocycles. The molecule has 124 valence electrons. The molecule has 7 heteroatoms. The Morgan fingerprint density at radius 1 is 1.18 bits per heavy atom.